The number of hydrogen-bond donors (Lipinski definition) is 1. The first-order valence-electron chi connectivity index (χ1n) is 6.60. The molecule has 0 bridgehead atoms. The highest BCUT2D eigenvalue weighted by Crippen LogP contribution is 2.26. The van der Waals surface area contributed by atoms with Crippen molar-refractivity contribution in [3.05, 3.63) is 62.9 Å². The summed E-state index contributed by atoms with van der Waals surface area (Å²) in [6.45, 7) is 0. The van der Waals surface area contributed by atoms with E-state index in [4.69, 9.17) is 23.2 Å². The molecule has 0 atom stereocenters. The summed E-state index contributed by atoms with van der Waals surface area (Å²) in [5.41, 5.74) is 2.50. The molecule has 0 aliphatic carbocycles. The first-order valence-corrected chi connectivity index (χ1v) is 7.36. The van der Waals surface area contributed by atoms with E-state index in [2.05, 4.69) is 10.3 Å². The zero-order valence-electron chi connectivity index (χ0n) is 12.5. The summed E-state index contributed by atoms with van der Waals surface area (Å²) in [4.78, 5) is 14.1. The molecule has 6 nitrogen and oxygen atoms in total. The third kappa shape index (κ3) is 4.12. The van der Waals surface area contributed by atoms with Crippen molar-refractivity contribution in [3.8, 4) is 0 Å². The standard InChI is InChI=1S/C8H7ClN2.C7H7ClN2O2/c1-11-5-10-7-3-2-6(9)4-8(7)11;1-9-6-4-5(8)2-3-7(6)10(11)12/h2-5H,1H3;2-4,9H,1H3. The smallest absolute Gasteiger partial charge is 0.292 e. The normalized spacial score (nSPS) is 10.1. The van der Waals surface area contributed by atoms with Gasteiger partial charge in [-0.3, -0.25) is 10.1 Å². The maximum Gasteiger partial charge on any atom is 0.292 e. The molecule has 120 valence electrons. The van der Waals surface area contributed by atoms with Gasteiger partial charge in [0.25, 0.3) is 5.69 Å². The van der Waals surface area contributed by atoms with Crippen molar-refractivity contribution >= 4 is 45.6 Å². The van der Waals surface area contributed by atoms with Crippen molar-refractivity contribution in [2.45, 2.75) is 0 Å². The molecule has 0 aliphatic rings. The van der Waals surface area contributed by atoms with E-state index >= 15 is 0 Å². The second-order valence-corrected chi connectivity index (χ2v) is 5.53. The molecule has 0 saturated heterocycles. The molecule has 0 saturated carbocycles. The van der Waals surface area contributed by atoms with Gasteiger partial charge in [0.15, 0.2) is 0 Å². The second kappa shape index (κ2) is 7.30. The van der Waals surface area contributed by atoms with Crippen LogP contribution in [0.3, 0.4) is 0 Å². The summed E-state index contributed by atoms with van der Waals surface area (Å²) in [6, 6.07) is 10.0. The summed E-state index contributed by atoms with van der Waals surface area (Å²) in [5, 5.41) is 14.3. The number of nitrogens with zero attached hydrogens (tertiary/aromatic N) is 3. The number of halogens is 2. The summed E-state index contributed by atoms with van der Waals surface area (Å²) < 4.78 is 1.95. The highest BCUT2D eigenvalue weighted by atomic mass is 35.5. The molecule has 0 spiro atoms. The molecule has 0 fully saturated rings. The van der Waals surface area contributed by atoms with Crippen molar-refractivity contribution < 1.29 is 4.92 Å². The minimum atomic E-state index is -0.456. The number of anilines is 1. The Hall–Kier alpha value is -2.31. The van der Waals surface area contributed by atoms with E-state index in [0.717, 1.165) is 16.1 Å². The predicted octanol–water partition coefficient (Wildman–Crippen LogP) is 4.52. The highest BCUT2D eigenvalue weighted by molar-refractivity contribution is 6.31. The van der Waals surface area contributed by atoms with Gasteiger partial charge in [-0.25, -0.2) is 4.98 Å². The van der Waals surface area contributed by atoms with Crippen LogP contribution in [0.25, 0.3) is 11.0 Å². The highest BCUT2D eigenvalue weighted by Gasteiger charge is 2.11. The lowest BCUT2D eigenvalue weighted by Gasteiger charge is -2.00. The Morgan fingerprint density at radius 3 is 2.48 bits per heavy atom. The molecule has 0 radical (unpaired) electrons. The third-order valence-corrected chi connectivity index (χ3v) is 3.58. The van der Waals surface area contributed by atoms with Crippen molar-refractivity contribution in [1.82, 2.24) is 9.55 Å². The van der Waals surface area contributed by atoms with Gasteiger partial charge in [-0.05, 0) is 30.3 Å². The van der Waals surface area contributed by atoms with E-state index in [0.29, 0.717) is 10.7 Å². The zero-order chi connectivity index (χ0) is 17.0. The summed E-state index contributed by atoms with van der Waals surface area (Å²) in [6.07, 6.45) is 1.78. The number of nitro groups is 1. The van der Waals surface area contributed by atoms with Gasteiger partial charge in [0.1, 0.15) is 5.69 Å². The van der Waals surface area contributed by atoms with E-state index in [1.54, 1.807) is 13.4 Å². The maximum absolute atomic E-state index is 10.4. The van der Waals surface area contributed by atoms with E-state index in [9.17, 15) is 10.1 Å². The number of rotatable bonds is 2. The Kier molecular flexibility index (Phi) is 5.41. The Bertz CT molecular complexity index is 849. The fourth-order valence-corrected chi connectivity index (χ4v) is 2.31. The fraction of sp³-hybridized carbons (Fsp3) is 0.133. The Morgan fingerprint density at radius 1 is 1.17 bits per heavy atom. The predicted molar refractivity (Wildman–Crippen MR) is 93.4 cm³/mol. The monoisotopic (exact) mass is 352 g/mol. The number of imidazole rings is 1. The van der Waals surface area contributed by atoms with E-state index in [1.165, 1.54) is 18.2 Å². The molecule has 0 unspecified atom stereocenters. The van der Waals surface area contributed by atoms with Crippen molar-refractivity contribution in [2.75, 3.05) is 12.4 Å². The molecule has 1 aromatic heterocycles. The quantitative estimate of drug-likeness (QED) is 0.543. The fourth-order valence-electron chi connectivity index (χ4n) is 1.97. The molecule has 23 heavy (non-hydrogen) atoms. The maximum atomic E-state index is 10.4. The number of benzene rings is 2. The van der Waals surface area contributed by atoms with Gasteiger partial charge in [0.05, 0.1) is 22.3 Å². The van der Waals surface area contributed by atoms with E-state index in [1.807, 2.05) is 29.8 Å². The lowest BCUT2D eigenvalue weighted by Crippen LogP contribution is -1.95. The average molecular weight is 353 g/mol. The van der Waals surface area contributed by atoms with Crippen LogP contribution in [0.5, 0.6) is 0 Å². The van der Waals surface area contributed by atoms with Crippen LogP contribution in [-0.2, 0) is 7.05 Å². The minimum Gasteiger partial charge on any atom is -0.383 e. The molecule has 2 aromatic carbocycles. The first kappa shape index (κ1) is 17.1. The number of fused-ring (bicyclic) bond motifs is 1. The van der Waals surface area contributed by atoms with Gasteiger partial charge in [-0.2, -0.15) is 0 Å². The number of aryl methyl sites for hydroxylation is 1. The average Bonchev–Trinajstić information content (AvgIpc) is 2.88. The number of nitro benzene ring substituents is 1. The van der Waals surface area contributed by atoms with Gasteiger partial charge >= 0.3 is 0 Å². The molecular formula is C15H14Cl2N4O2. The largest absolute Gasteiger partial charge is 0.383 e. The van der Waals surface area contributed by atoms with Crippen LogP contribution in [0, 0.1) is 10.1 Å². The van der Waals surface area contributed by atoms with Crippen LogP contribution in [0.1, 0.15) is 0 Å². The molecular weight excluding hydrogens is 339 g/mol. The Labute approximate surface area is 142 Å². The van der Waals surface area contributed by atoms with Gasteiger partial charge in [0.2, 0.25) is 0 Å². The minimum absolute atomic E-state index is 0.0295. The second-order valence-electron chi connectivity index (χ2n) is 4.66. The van der Waals surface area contributed by atoms with Crippen LogP contribution in [0.2, 0.25) is 10.0 Å². The third-order valence-electron chi connectivity index (χ3n) is 3.11. The topological polar surface area (TPSA) is 73.0 Å². The number of nitrogens with one attached hydrogen (secondary N) is 1. The molecule has 3 rings (SSSR count). The number of aromatic nitrogens is 2. The summed E-state index contributed by atoms with van der Waals surface area (Å²) in [7, 11) is 3.56. The molecule has 3 aromatic rings. The van der Waals surface area contributed by atoms with Crippen molar-refractivity contribution in [1.29, 1.82) is 0 Å². The summed E-state index contributed by atoms with van der Waals surface area (Å²) >= 11 is 11.4. The van der Waals surface area contributed by atoms with Crippen LogP contribution in [0.4, 0.5) is 11.4 Å². The van der Waals surface area contributed by atoms with Crippen LogP contribution >= 0.6 is 23.2 Å². The molecule has 1 N–H and O–H groups in total. The lowest BCUT2D eigenvalue weighted by atomic mass is 10.3. The van der Waals surface area contributed by atoms with Crippen LogP contribution in [0.15, 0.2) is 42.7 Å². The van der Waals surface area contributed by atoms with Crippen molar-refractivity contribution in [3.63, 3.8) is 0 Å². The molecule has 8 heteroatoms. The lowest BCUT2D eigenvalue weighted by molar-refractivity contribution is -0.383. The summed E-state index contributed by atoms with van der Waals surface area (Å²) in [5.74, 6) is 0. The molecule has 0 amide bonds. The molecule has 1 heterocycles. The first-order chi connectivity index (χ1) is 10.9. The van der Waals surface area contributed by atoms with Gasteiger partial charge < -0.3 is 9.88 Å². The van der Waals surface area contributed by atoms with Gasteiger partial charge in [-0.15, -0.1) is 0 Å². The van der Waals surface area contributed by atoms with E-state index < -0.39 is 4.92 Å². The SMILES string of the molecule is CNc1cc(Cl)ccc1[N+](=O)[O-].Cn1cnc2ccc(Cl)cc21. The Balaban J connectivity index is 0.000000167. The van der Waals surface area contributed by atoms with Crippen LogP contribution in [-0.4, -0.2) is 21.5 Å². The van der Waals surface area contributed by atoms with E-state index in [-0.39, 0.29) is 5.69 Å². The Morgan fingerprint density at radius 2 is 1.83 bits per heavy atom. The van der Waals surface area contributed by atoms with Crippen molar-refractivity contribution in [2.24, 2.45) is 7.05 Å². The van der Waals surface area contributed by atoms with Crippen LogP contribution < -0.4 is 5.32 Å². The van der Waals surface area contributed by atoms with Gasteiger partial charge in [-0.1, -0.05) is 23.2 Å². The molecule has 0 aliphatic heterocycles. The van der Waals surface area contributed by atoms with Gasteiger partial charge in [0, 0.05) is 30.2 Å². The number of hydrogen-bond acceptors (Lipinski definition) is 4. The zero-order valence-corrected chi connectivity index (χ0v) is 14.0.